The Balaban J connectivity index is 2.60. The van der Waals surface area contributed by atoms with Gasteiger partial charge in [-0.25, -0.2) is 13.2 Å². The molecule has 19 heavy (non-hydrogen) atoms. The van der Waals surface area contributed by atoms with Crippen molar-refractivity contribution in [2.24, 2.45) is 0 Å². The van der Waals surface area contributed by atoms with Crippen molar-refractivity contribution in [1.82, 2.24) is 0 Å². The van der Waals surface area contributed by atoms with E-state index in [2.05, 4.69) is 20.7 Å². The Labute approximate surface area is 113 Å². The number of halogens is 6. The highest BCUT2D eigenvalue weighted by Gasteiger charge is 2.41. The van der Waals surface area contributed by atoms with E-state index in [1.165, 1.54) is 12.1 Å². The molecular weight excluding hydrogens is 339 g/mol. The quantitative estimate of drug-likeness (QED) is 0.580. The molecule has 0 spiro atoms. The van der Waals surface area contributed by atoms with Gasteiger partial charge in [0.05, 0.1) is 10.0 Å². The summed E-state index contributed by atoms with van der Waals surface area (Å²) in [6.07, 6.45) is -3.88. The lowest BCUT2D eigenvalue weighted by atomic mass is 10.1. The fourth-order valence-corrected chi connectivity index (χ4v) is 1.51. The first kappa shape index (κ1) is 16.0. The Morgan fingerprint density at radius 3 is 2.58 bits per heavy atom. The van der Waals surface area contributed by atoms with E-state index in [0.29, 0.717) is 0 Å². The van der Waals surface area contributed by atoms with Gasteiger partial charge in [-0.1, -0.05) is 6.07 Å². The molecule has 0 saturated carbocycles. The third-order valence-corrected chi connectivity index (χ3v) is 2.71. The molecule has 8 heteroatoms. The number of ether oxygens (including phenoxy) is 1. The summed E-state index contributed by atoms with van der Waals surface area (Å²) in [5, 5.41) is 0. The van der Waals surface area contributed by atoms with Crippen LogP contribution in [0.4, 0.5) is 22.0 Å². The smallest absolute Gasteiger partial charge is 0.330 e. The largest absolute Gasteiger partial charge is 0.367 e. The highest BCUT2D eigenvalue weighted by molar-refractivity contribution is 9.10. The number of hydrogen-bond acceptors (Lipinski definition) is 2. The minimum absolute atomic E-state index is 0.0243. The van der Waals surface area contributed by atoms with Gasteiger partial charge in [0.2, 0.25) is 0 Å². The van der Waals surface area contributed by atoms with Gasteiger partial charge in [-0.3, -0.25) is 4.79 Å². The van der Waals surface area contributed by atoms with E-state index in [4.69, 9.17) is 0 Å². The van der Waals surface area contributed by atoms with Crippen molar-refractivity contribution in [3.05, 3.63) is 34.1 Å². The Hall–Kier alpha value is -1.02. The van der Waals surface area contributed by atoms with Gasteiger partial charge in [0.1, 0.15) is 19.0 Å². The first-order valence-corrected chi connectivity index (χ1v) is 5.76. The summed E-state index contributed by atoms with van der Waals surface area (Å²) < 4.78 is 66.2. The van der Waals surface area contributed by atoms with Crippen LogP contribution < -0.4 is 0 Å². The molecule has 0 bridgehead atoms. The van der Waals surface area contributed by atoms with Crippen molar-refractivity contribution in [2.45, 2.75) is 12.3 Å². The third kappa shape index (κ3) is 4.24. The second-order valence-electron chi connectivity index (χ2n) is 3.58. The van der Waals surface area contributed by atoms with Crippen LogP contribution in [0.2, 0.25) is 0 Å². The summed E-state index contributed by atoms with van der Waals surface area (Å²) in [6, 6.07) is 3.85. The zero-order valence-electron chi connectivity index (χ0n) is 9.31. The van der Waals surface area contributed by atoms with Crippen molar-refractivity contribution in [3.8, 4) is 0 Å². The molecule has 1 aromatic carbocycles. The van der Waals surface area contributed by atoms with Crippen LogP contribution in [-0.4, -0.2) is 31.3 Å². The van der Waals surface area contributed by atoms with Crippen LogP contribution in [-0.2, 0) is 4.74 Å². The standard InChI is InChI=1S/C11H8BrF5O2/c12-7-3-1-2-6(9(7)13)8(18)4-19-5-11(16,17)10(14)15/h1-3,10H,4-5H2. The predicted octanol–water partition coefficient (Wildman–Crippen LogP) is 3.69. The van der Waals surface area contributed by atoms with Crippen molar-refractivity contribution < 1.29 is 31.5 Å². The minimum atomic E-state index is -4.34. The van der Waals surface area contributed by atoms with Gasteiger partial charge in [-0.05, 0) is 28.1 Å². The molecule has 0 unspecified atom stereocenters. The van der Waals surface area contributed by atoms with Crippen LogP contribution in [0.3, 0.4) is 0 Å². The predicted molar refractivity (Wildman–Crippen MR) is 60.2 cm³/mol. The zero-order chi connectivity index (χ0) is 14.6. The summed E-state index contributed by atoms with van der Waals surface area (Å²) in [7, 11) is 0. The second kappa shape index (κ2) is 6.42. The Morgan fingerprint density at radius 1 is 1.37 bits per heavy atom. The van der Waals surface area contributed by atoms with Gasteiger partial charge in [0.15, 0.2) is 5.78 Å². The van der Waals surface area contributed by atoms with Crippen molar-refractivity contribution in [2.75, 3.05) is 13.2 Å². The minimum Gasteiger partial charge on any atom is -0.367 e. The molecule has 0 aliphatic rings. The molecule has 2 nitrogen and oxygen atoms in total. The van der Waals surface area contributed by atoms with E-state index in [-0.39, 0.29) is 10.0 Å². The summed E-state index contributed by atoms with van der Waals surface area (Å²) in [5.41, 5.74) is -0.366. The van der Waals surface area contributed by atoms with Crippen LogP contribution in [0.15, 0.2) is 22.7 Å². The maximum atomic E-state index is 13.5. The number of carbonyl (C=O) groups is 1. The Morgan fingerprint density at radius 2 is 2.00 bits per heavy atom. The molecular formula is C11H8BrF5O2. The first-order valence-electron chi connectivity index (χ1n) is 4.96. The summed E-state index contributed by atoms with van der Waals surface area (Å²) >= 11 is 2.85. The van der Waals surface area contributed by atoms with Crippen LogP contribution in [0.1, 0.15) is 10.4 Å². The van der Waals surface area contributed by atoms with E-state index >= 15 is 0 Å². The fourth-order valence-electron chi connectivity index (χ4n) is 1.14. The molecule has 0 saturated heterocycles. The molecule has 0 heterocycles. The first-order chi connectivity index (χ1) is 8.75. The van der Waals surface area contributed by atoms with Gasteiger partial charge in [-0.2, -0.15) is 8.78 Å². The van der Waals surface area contributed by atoms with Crippen LogP contribution in [0.25, 0.3) is 0 Å². The topological polar surface area (TPSA) is 26.3 Å². The lowest BCUT2D eigenvalue weighted by Crippen LogP contribution is -2.33. The third-order valence-electron chi connectivity index (χ3n) is 2.10. The van der Waals surface area contributed by atoms with Crippen molar-refractivity contribution in [3.63, 3.8) is 0 Å². The van der Waals surface area contributed by atoms with Crippen LogP contribution >= 0.6 is 15.9 Å². The van der Waals surface area contributed by atoms with Crippen molar-refractivity contribution in [1.29, 1.82) is 0 Å². The van der Waals surface area contributed by atoms with Crippen LogP contribution in [0, 0.1) is 5.82 Å². The van der Waals surface area contributed by atoms with Gasteiger partial charge in [0.25, 0.3) is 0 Å². The van der Waals surface area contributed by atoms with E-state index in [1.54, 1.807) is 0 Å². The molecule has 0 atom stereocenters. The molecule has 0 radical (unpaired) electrons. The maximum absolute atomic E-state index is 13.5. The maximum Gasteiger partial charge on any atom is 0.330 e. The van der Waals surface area contributed by atoms with Gasteiger partial charge in [0, 0.05) is 0 Å². The lowest BCUT2D eigenvalue weighted by Gasteiger charge is -2.14. The number of Topliss-reactive ketones (excluding diaryl/α,β-unsaturated/α-hetero) is 1. The van der Waals surface area contributed by atoms with Gasteiger partial charge in [-0.15, -0.1) is 0 Å². The van der Waals surface area contributed by atoms with Crippen LogP contribution in [0.5, 0.6) is 0 Å². The summed E-state index contributed by atoms with van der Waals surface area (Å²) in [4.78, 5) is 11.5. The average Bonchev–Trinajstić information content (AvgIpc) is 2.32. The van der Waals surface area contributed by atoms with E-state index in [9.17, 15) is 26.7 Å². The molecule has 1 rings (SSSR count). The number of alkyl halides is 4. The van der Waals surface area contributed by atoms with Gasteiger partial charge >= 0.3 is 12.3 Å². The number of benzene rings is 1. The lowest BCUT2D eigenvalue weighted by molar-refractivity contribution is -0.163. The molecule has 106 valence electrons. The molecule has 0 aromatic heterocycles. The van der Waals surface area contributed by atoms with E-state index < -0.39 is 37.2 Å². The molecule has 0 N–H and O–H groups in total. The number of carbonyl (C=O) groups excluding carboxylic acids is 1. The molecule has 1 aromatic rings. The number of ketones is 1. The highest BCUT2D eigenvalue weighted by Crippen LogP contribution is 2.23. The fraction of sp³-hybridized carbons (Fsp3) is 0.364. The van der Waals surface area contributed by atoms with Gasteiger partial charge < -0.3 is 4.74 Å². The second-order valence-corrected chi connectivity index (χ2v) is 4.43. The normalized spacial score (nSPS) is 11.9. The average molecular weight is 347 g/mol. The summed E-state index contributed by atoms with van der Waals surface area (Å²) in [5.74, 6) is -6.11. The summed E-state index contributed by atoms with van der Waals surface area (Å²) in [6.45, 7) is -2.51. The van der Waals surface area contributed by atoms with E-state index in [1.807, 2.05) is 0 Å². The Bertz CT molecular complexity index is 464. The van der Waals surface area contributed by atoms with Crippen molar-refractivity contribution >= 4 is 21.7 Å². The molecule has 0 aliphatic carbocycles. The van der Waals surface area contributed by atoms with E-state index in [0.717, 1.165) is 6.07 Å². The number of hydrogen-bond donors (Lipinski definition) is 0. The molecule has 0 fully saturated rings. The Kier molecular flexibility index (Phi) is 5.42. The SMILES string of the molecule is O=C(COCC(F)(F)C(F)F)c1cccc(Br)c1F. The highest BCUT2D eigenvalue weighted by atomic mass is 79.9. The molecule has 0 aliphatic heterocycles. The monoisotopic (exact) mass is 346 g/mol. The number of rotatable bonds is 6. The zero-order valence-corrected chi connectivity index (χ0v) is 10.9. The molecule has 0 amide bonds.